The Hall–Kier alpha value is 0.790. The van der Waals surface area contributed by atoms with E-state index in [1.165, 1.54) is 38.5 Å². The standard InChI is InChI=1S/C15H33Te/c1-4-7-10-13-16(14-11-8-5-2)15-12-9-6-3/h4-15H2,1-3H3/q+1. The summed E-state index contributed by atoms with van der Waals surface area (Å²) in [4.78, 5) is 0. The molecule has 0 radical (unpaired) electrons. The molecule has 0 nitrogen and oxygen atoms in total. The van der Waals surface area contributed by atoms with E-state index < -0.39 is 19.6 Å². The third-order valence-corrected chi connectivity index (χ3v) is 10.5. The molecule has 98 valence electrons. The van der Waals surface area contributed by atoms with Gasteiger partial charge in [-0.2, -0.15) is 0 Å². The average molecular weight is 341 g/mol. The normalized spacial score (nSPS) is 11.2. The first-order valence-corrected chi connectivity index (χ1v) is 12.4. The minimum absolute atomic E-state index is 0.636. The van der Waals surface area contributed by atoms with E-state index in [2.05, 4.69) is 20.8 Å². The number of rotatable bonds is 12. The van der Waals surface area contributed by atoms with Crippen LogP contribution >= 0.6 is 0 Å². The molecule has 0 amide bonds. The fraction of sp³-hybridized carbons (Fsp3) is 1.00. The summed E-state index contributed by atoms with van der Waals surface area (Å²) in [5, 5.41) is 0. The SMILES string of the molecule is CCCCC[Te+](CCCCC)CCCCC. The fourth-order valence-corrected chi connectivity index (χ4v) is 8.97. The average Bonchev–Trinajstić information content (AvgIpc) is 2.29. The molecule has 0 saturated heterocycles. The first-order chi connectivity index (χ1) is 7.85. The van der Waals surface area contributed by atoms with Crippen molar-refractivity contribution in [2.24, 2.45) is 0 Å². The quantitative estimate of drug-likeness (QED) is 0.299. The van der Waals surface area contributed by atoms with Gasteiger partial charge in [0, 0.05) is 0 Å². The van der Waals surface area contributed by atoms with Gasteiger partial charge in [0.05, 0.1) is 0 Å². The minimum atomic E-state index is -0.636. The van der Waals surface area contributed by atoms with E-state index in [1.807, 2.05) is 0 Å². The van der Waals surface area contributed by atoms with Crippen LogP contribution in [-0.4, -0.2) is 19.6 Å². The second-order valence-electron chi connectivity index (χ2n) is 4.85. The van der Waals surface area contributed by atoms with Crippen molar-refractivity contribution >= 4 is 19.6 Å². The van der Waals surface area contributed by atoms with Gasteiger partial charge in [-0.1, -0.05) is 0 Å². The summed E-state index contributed by atoms with van der Waals surface area (Å²) in [7, 11) is 0. The molecule has 0 aromatic carbocycles. The van der Waals surface area contributed by atoms with E-state index in [4.69, 9.17) is 0 Å². The van der Waals surface area contributed by atoms with E-state index in [-0.39, 0.29) is 0 Å². The van der Waals surface area contributed by atoms with Gasteiger partial charge in [0.2, 0.25) is 0 Å². The van der Waals surface area contributed by atoms with Crippen molar-refractivity contribution in [3.63, 3.8) is 0 Å². The Labute approximate surface area is 111 Å². The number of hydrogen-bond acceptors (Lipinski definition) is 0. The van der Waals surface area contributed by atoms with Crippen LogP contribution in [0.2, 0.25) is 13.4 Å². The molecule has 1 heteroatoms. The van der Waals surface area contributed by atoms with Crippen molar-refractivity contribution < 1.29 is 0 Å². The Morgan fingerprint density at radius 3 is 1.06 bits per heavy atom. The van der Waals surface area contributed by atoms with Crippen molar-refractivity contribution in [2.45, 2.75) is 92.0 Å². The van der Waals surface area contributed by atoms with Gasteiger partial charge >= 0.3 is 112 Å². The second-order valence-corrected chi connectivity index (χ2v) is 11.8. The number of unbranched alkanes of at least 4 members (excludes halogenated alkanes) is 6. The van der Waals surface area contributed by atoms with Crippen molar-refractivity contribution in [1.29, 1.82) is 0 Å². The van der Waals surface area contributed by atoms with Crippen LogP contribution in [0, 0.1) is 0 Å². The Morgan fingerprint density at radius 1 is 0.500 bits per heavy atom. The van der Waals surface area contributed by atoms with E-state index >= 15 is 0 Å². The summed E-state index contributed by atoms with van der Waals surface area (Å²) in [6, 6.07) is 0. The molecule has 0 aromatic rings. The summed E-state index contributed by atoms with van der Waals surface area (Å²) in [6.45, 7) is 6.98. The van der Waals surface area contributed by atoms with Gasteiger partial charge in [-0.15, -0.1) is 0 Å². The van der Waals surface area contributed by atoms with E-state index in [0.29, 0.717) is 0 Å². The van der Waals surface area contributed by atoms with Crippen molar-refractivity contribution in [2.75, 3.05) is 0 Å². The molecule has 16 heavy (non-hydrogen) atoms. The molecule has 0 unspecified atom stereocenters. The molecule has 0 aromatic heterocycles. The predicted octanol–water partition coefficient (Wildman–Crippen LogP) is 6.05. The molecule has 0 fully saturated rings. The molecule has 0 aliphatic rings. The maximum absolute atomic E-state index is 2.33. The summed E-state index contributed by atoms with van der Waals surface area (Å²) < 4.78 is 5.01. The van der Waals surface area contributed by atoms with Gasteiger partial charge in [0.15, 0.2) is 0 Å². The molecule has 0 N–H and O–H groups in total. The van der Waals surface area contributed by atoms with Gasteiger partial charge < -0.3 is 0 Å². The van der Waals surface area contributed by atoms with Crippen LogP contribution in [0.4, 0.5) is 0 Å². The van der Waals surface area contributed by atoms with E-state index in [0.717, 1.165) is 0 Å². The summed E-state index contributed by atoms with van der Waals surface area (Å²) in [5.41, 5.74) is 0. The van der Waals surface area contributed by atoms with E-state index in [1.54, 1.807) is 32.7 Å². The van der Waals surface area contributed by atoms with Gasteiger partial charge in [-0.25, -0.2) is 0 Å². The Kier molecular flexibility index (Phi) is 14.5. The van der Waals surface area contributed by atoms with Crippen molar-refractivity contribution in [3.05, 3.63) is 0 Å². The summed E-state index contributed by atoms with van der Waals surface area (Å²) >= 11 is -0.636. The van der Waals surface area contributed by atoms with Crippen LogP contribution in [0.5, 0.6) is 0 Å². The molecule has 0 rings (SSSR count). The van der Waals surface area contributed by atoms with E-state index in [9.17, 15) is 0 Å². The summed E-state index contributed by atoms with van der Waals surface area (Å²) in [5.74, 6) is 0. The van der Waals surface area contributed by atoms with Crippen LogP contribution in [0.25, 0.3) is 0 Å². The van der Waals surface area contributed by atoms with Crippen LogP contribution in [0.1, 0.15) is 78.6 Å². The zero-order valence-electron chi connectivity index (χ0n) is 11.9. The van der Waals surface area contributed by atoms with Crippen LogP contribution in [-0.2, 0) is 0 Å². The molecule has 0 aliphatic carbocycles. The molecule has 0 aliphatic heterocycles. The number of hydrogen-bond donors (Lipinski definition) is 0. The molecule has 0 bridgehead atoms. The molecule has 0 heterocycles. The van der Waals surface area contributed by atoms with Crippen molar-refractivity contribution in [3.8, 4) is 0 Å². The fourth-order valence-electron chi connectivity index (χ4n) is 1.97. The molecular formula is C15H33Te+. The third-order valence-electron chi connectivity index (χ3n) is 3.11. The second kappa shape index (κ2) is 13.9. The summed E-state index contributed by atoms with van der Waals surface area (Å²) in [6.07, 6.45) is 13.3. The molecular weight excluding hydrogens is 308 g/mol. The Bertz CT molecular complexity index is 98.8. The first kappa shape index (κ1) is 16.8. The monoisotopic (exact) mass is 343 g/mol. The van der Waals surface area contributed by atoms with Gasteiger partial charge in [0.1, 0.15) is 0 Å². The van der Waals surface area contributed by atoms with Gasteiger partial charge in [-0.3, -0.25) is 0 Å². The maximum atomic E-state index is 2.33. The first-order valence-electron chi connectivity index (χ1n) is 7.49. The van der Waals surface area contributed by atoms with Gasteiger partial charge in [-0.05, 0) is 0 Å². The zero-order valence-corrected chi connectivity index (χ0v) is 14.2. The topological polar surface area (TPSA) is 0 Å². The molecule has 0 saturated carbocycles. The van der Waals surface area contributed by atoms with Crippen LogP contribution < -0.4 is 0 Å². The third kappa shape index (κ3) is 11.3. The zero-order chi connectivity index (χ0) is 12.1. The predicted molar refractivity (Wildman–Crippen MR) is 78.8 cm³/mol. The molecule has 0 spiro atoms. The Morgan fingerprint density at radius 2 is 0.812 bits per heavy atom. The van der Waals surface area contributed by atoms with Crippen LogP contribution in [0.3, 0.4) is 0 Å². The van der Waals surface area contributed by atoms with Crippen molar-refractivity contribution in [1.82, 2.24) is 0 Å². The van der Waals surface area contributed by atoms with Gasteiger partial charge in [0.25, 0.3) is 0 Å². The Balaban J connectivity index is 3.58. The van der Waals surface area contributed by atoms with Crippen LogP contribution in [0.15, 0.2) is 0 Å². The molecule has 0 atom stereocenters.